The molecule has 1 aliphatic rings. The second kappa shape index (κ2) is 9.07. The Balaban J connectivity index is 1.61. The van der Waals surface area contributed by atoms with Gasteiger partial charge < -0.3 is 20.1 Å². The molecule has 0 aliphatic carbocycles. The first kappa shape index (κ1) is 21.8. The predicted octanol–water partition coefficient (Wildman–Crippen LogP) is 5.15. The van der Waals surface area contributed by atoms with Gasteiger partial charge in [-0.1, -0.05) is 6.07 Å². The van der Waals surface area contributed by atoms with Crippen LogP contribution in [0.5, 0.6) is 0 Å². The number of carbonyl (C=O) groups is 1. The summed E-state index contributed by atoms with van der Waals surface area (Å²) >= 11 is 5.79. The molecule has 1 amide bonds. The van der Waals surface area contributed by atoms with Crippen molar-refractivity contribution in [1.29, 1.82) is 0 Å². The molecule has 0 unspecified atom stereocenters. The molecule has 2 atom stereocenters. The second-order valence-electron chi connectivity index (χ2n) is 8.00. The van der Waals surface area contributed by atoms with Gasteiger partial charge in [-0.25, -0.2) is 4.39 Å². The molecule has 5 rings (SSSR count). The fourth-order valence-electron chi connectivity index (χ4n) is 4.31. The van der Waals surface area contributed by atoms with E-state index in [0.717, 1.165) is 22.8 Å². The molecular weight excluding hydrogens is 449 g/mol. The van der Waals surface area contributed by atoms with E-state index >= 15 is 0 Å². The first-order chi connectivity index (χ1) is 16.5. The zero-order chi connectivity index (χ0) is 23.7. The van der Waals surface area contributed by atoms with E-state index in [1.165, 1.54) is 19.1 Å². The standard InChI is InChI=1S/C26H22FN5OS/c1-17(33)29-19-9-13-21(14-10-19)32-25(24(30-26(32)34)22-5-2-3-15-28-22)23-6-4-16-31(23)20-11-7-18(27)8-12-20/h2-16,24-25H,1H3,(H,29,33)(H,30,34)/t24-,25-/m0/s1. The molecule has 170 valence electrons. The Hall–Kier alpha value is -4.04. The van der Waals surface area contributed by atoms with Crippen LogP contribution in [0, 0.1) is 5.82 Å². The number of halogens is 1. The average Bonchev–Trinajstić information content (AvgIpc) is 3.45. The van der Waals surface area contributed by atoms with Crippen molar-refractivity contribution in [3.05, 3.63) is 108 Å². The highest BCUT2D eigenvalue weighted by Gasteiger charge is 2.42. The molecule has 1 saturated heterocycles. The molecule has 0 saturated carbocycles. The summed E-state index contributed by atoms with van der Waals surface area (Å²) in [6, 6.07) is 23.3. The van der Waals surface area contributed by atoms with Crippen LogP contribution >= 0.6 is 12.2 Å². The summed E-state index contributed by atoms with van der Waals surface area (Å²) in [5.41, 5.74) is 4.27. The summed E-state index contributed by atoms with van der Waals surface area (Å²) < 4.78 is 15.6. The molecule has 1 fully saturated rings. The molecule has 6 nitrogen and oxygen atoms in total. The number of benzene rings is 2. The van der Waals surface area contributed by atoms with Gasteiger partial charge in [-0.3, -0.25) is 9.78 Å². The molecule has 0 spiro atoms. The normalized spacial score (nSPS) is 17.5. The Morgan fingerprint density at radius 3 is 2.41 bits per heavy atom. The van der Waals surface area contributed by atoms with Crippen molar-refractivity contribution >= 4 is 34.6 Å². The van der Waals surface area contributed by atoms with E-state index in [2.05, 4.69) is 20.5 Å². The smallest absolute Gasteiger partial charge is 0.221 e. The summed E-state index contributed by atoms with van der Waals surface area (Å²) in [5, 5.41) is 6.80. The number of thiocarbonyl (C=S) groups is 1. The zero-order valence-electron chi connectivity index (χ0n) is 18.4. The van der Waals surface area contributed by atoms with E-state index < -0.39 is 0 Å². The summed E-state index contributed by atoms with van der Waals surface area (Å²) in [5.74, 6) is -0.412. The highest BCUT2D eigenvalue weighted by molar-refractivity contribution is 7.80. The number of carbonyl (C=O) groups excluding carboxylic acids is 1. The number of nitrogens with one attached hydrogen (secondary N) is 2. The van der Waals surface area contributed by atoms with E-state index in [1.807, 2.05) is 65.4 Å². The summed E-state index contributed by atoms with van der Waals surface area (Å²) in [6.45, 7) is 1.48. The molecule has 8 heteroatoms. The van der Waals surface area contributed by atoms with Gasteiger partial charge in [0, 0.05) is 42.1 Å². The lowest BCUT2D eigenvalue weighted by molar-refractivity contribution is -0.114. The molecule has 3 heterocycles. The van der Waals surface area contributed by atoms with Gasteiger partial charge >= 0.3 is 0 Å². The van der Waals surface area contributed by atoms with Gasteiger partial charge in [-0.2, -0.15) is 0 Å². The summed E-state index contributed by atoms with van der Waals surface area (Å²) in [4.78, 5) is 18.1. The van der Waals surface area contributed by atoms with Gasteiger partial charge in [-0.05, 0) is 85.0 Å². The number of anilines is 2. The number of hydrogen-bond acceptors (Lipinski definition) is 3. The Kier molecular flexibility index (Phi) is 5.81. The molecule has 4 aromatic rings. The fraction of sp³-hybridized carbons (Fsp3) is 0.115. The number of pyridine rings is 1. The van der Waals surface area contributed by atoms with E-state index in [9.17, 15) is 9.18 Å². The van der Waals surface area contributed by atoms with Crippen LogP contribution in [-0.4, -0.2) is 20.6 Å². The monoisotopic (exact) mass is 471 g/mol. The maximum Gasteiger partial charge on any atom is 0.221 e. The third kappa shape index (κ3) is 4.15. The van der Waals surface area contributed by atoms with Gasteiger partial charge in [0.25, 0.3) is 0 Å². The lowest BCUT2D eigenvalue weighted by Crippen LogP contribution is -2.30. The SMILES string of the molecule is CC(=O)Nc1ccc(N2C(=S)N[C@@H](c3ccccn3)[C@@H]2c2cccn2-c2ccc(F)cc2)cc1. The molecule has 0 bridgehead atoms. The molecule has 34 heavy (non-hydrogen) atoms. The molecule has 2 N–H and O–H groups in total. The van der Waals surface area contributed by atoms with Crippen LogP contribution in [0.15, 0.2) is 91.3 Å². The zero-order valence-corrected chi connectivity index (χ0v) is 19.2. The predicted molar refractivity (Wildman–Crippen MR) is 134 cm³/mol. The number of aromatic nitrogens is 2. The lowest BCUT2D eigenvalue weighted by atomic mass is 10.0. The number of nitrogens with zero attached hydrogens (tertiary/aromatic N) is 3. The fourth-order valence-corrected chi connectivity index (χ4v) is 4.66. The summed E-state index contributed by atoms with van der Waals surface area (Å²) in [6.07, 6.45) is 3.72. The minimum atomic E-state index is -0.284. The Bertz CT molecular complexity index is 1320. The molecule has 2 aromatic carbocycles. The number of rotatable bonds is 5. The molecule has 1 aliphatic heterocycles. The Labute approximate surface area is 202 Å². The van der Waals surface area contributed by atoms with Gasteiger partial charge in [0.15, 0.2) is 5.11 Å². The van der Waals surface area contributed by atoms with E-state index in [4.69, 9.17) is 12.2 Å². The quantitative estimate of drug-likeness (QED) is 0.395. The Morgan fingerprint density at radius 1 is 1.00 bits per heavy atom. The van der Waals surface area contributed by atoms with E-state index in [0.29, 0.717) is 10.8 Å². The third-order valence-corrected chi connectivity index (χ3v) is 6.07. The van der Waals surface area contributed by atoms with Crippen molar-refractivity contribution in [2.24, 2.45) is 0 Å². The first-order valence-electron chi connectivity index (χ1n) is 10.8. The van der Waals surface area contributed by atoms with Crippen molar-refractivity contribution in [3.63, 3.8) is 0 Å². The van der Waals surface area contributed by atoms with Gasteiger partial charge in [0.1, 0.15) is 11.9 Å². The molecular formula is C26H22FN5OS. The lowest BCUT2D eigenvalue weighted by Gasteiger charge is -2.29. The molecule has 2 aromatic heterocycles. The van der Waals surface area contributed by atoms with Crippen LogP contribution in [0.25, 0.3) is 5.69 Å². The van der Waals surface area contributed by atoms with Crippen LogP contribution in [0.4, 0.5) is 15.8 Å². The van der Waals surface area contributed by atoms with Gasteiger partial charge in [-0.15, -0.1) is 0 Å². The number of hydrogen-bond donors (Lipinski definition) is 2. The van der Waals surface area contributed by atoms with Gasteiger partial charge in [0.05, 0.1) is 11.7 Å². The summed E-state index contributed by atoms with van der Waals surface area (Å²) in [7, 11) is 0. The van der Waals surface area contributed by atoms with Crippen LogP contribution < -0.4 is 15.5 Å². The molecule has 0 radical (unpaired) electrons. The third-order valence-electron chi connectivity index (χ3n) is 5.75. The topological polar surface area (TPSA) is 62.2 Å². The van der Waals surface area contributed by atoms with Crippen molar-refractivity contribution in [1.82, 2.24) is 14.9 Å². The van der Waals surface area contributed by atoms with E-state index in [-0.39, 0.29) is 23.8 Å². The van der Waals surface area contributed by atoms with Crippen molar-refractivity contribution in [2.75, 3.05) is 10.2 Å². The van der Waals surface area contributed by atoms with E-state index in [1.54, 1.807) is 18.3 Å². The van der Waals surface area contributed by atoms with Crippen molar-refractivity contribution in [2.45, 2.75) is 19.0 Å². The average molecular weight is 472 g/mol. The highest BCUT2D eigenvalue weighted by atomic mass is 32.1. The minimum absolute atomic E-state index is 0.128. The van der Waals surface area contributed by atoms with Gasteiger partial charge in [0.2, 0.25) is 5.91 Å². The van der Waals surface area contributed by atoms with Crippen molar-refractivity contribution in [3.8, 4) is 5.69 Å². The van der Waals surface area contributed by atoms with Crippen molar-refractivity contribution < 1.29 is 9.18 Å². The maximum absolute atomic E-state index is 13.6. The van der Waals surface area contributed by atoms with Crippen LogP contribution in [0.3, 0.4) is 0 Å². The van der Waals surface area contributed by atoms with Crippen LogP contribution in [-0.2, 0) is 4.79 Å². The van der Waals surface area contributed by atoms with Crippen LogP contribution in [0.2, 0.25) is 0 Å². The second-order valence-corrected chi connectivity index (χ2v) is 8.39. The minimum Gasteiger partial charge on any atom is -0.351 e. The Morgan fingerprint density at radius 2 is 1.74 bits per heavy atom. The highest BCUT2D eigenvalue weighted by Crippen LogP contribution is 2.42. The maximum atomic E-state index is 13.6. The number of amides is 1. The van der Waals surface area contributed by atoms with Crippen LogP contribution in [0.1, 0.15) is 30.4 Å². The first-order valence-corrected chi connectivity index (χ1v) is 11.2. The largest absolute Gasteiger partial charge is 0.351 e.